The highest BCUT2D eigenvalue weighted by atomic mass is 16.5. The van der Waals surface area contributed by atoms with Crippen LogP contribution in [0.15, 0.2) is 30.2 Å². The summed E-state index contributed by atoms with van der Waals surface area (Å²) in [5.74, 6) is 0.319. The van der Waals surface area contributed by atoms with Gasteiger partial charge in [0.2, 0.25) is 11.5 Å². The number of ether oxygens (including phenoxy) is 3. The van der Waals surface area contributed by atoms with E-state index < -0.39 is 0 Å². The van der Waals surface area contributed by atoms with Crippen molar-refractivity contribution in [3.8, 4) is 5.75 Å². The minimum absolute atomic E-state index is 0.0355. The summed E-state index contributed by atoms with van der Waals surface area (Å²) in [5, 5.41) is 0. The van der Waals surface area contributed by atoms with E-state index in [1.54, 1.807) is 0 Å². The van der Waals surface area contributed by atoms with E-state index in [9.17, 15) is 9.59 Å². The zero-order valence-electron chi connectivity index (χ0n) is 14.2. The Morgan fingerprint density at radius 1 is 1.17 bits per heavy atom. The van der Waals surface area contributed by atoms with Crippen LogP contribution in [0.25, 0.3) is 0 Å². The molecule has 1 aliphatic carbocycles. The molecule has 5 nitrogen and oxygen atoms in total. The lowest BCUT2D eigenvalue weighted by Gasteiger charge is -2.36. The van der Waals surface area contributed by atoms with Gasteiger partial charge in [-0.25, -0.2) is 0 Å². The number of hydrogen-bond acceptors (Lipinski definition) is 5. The maximum Gasteiger partial charge on any atom is 0.302 e. The van der Waals surface area contributed by atoms with Crippen molar-refractivity contribution in [2.24, 2.45) is 5.92 Å². The summed E-state index contributed by atoms with van der Waals surface area (Å²) in [6.45, 7) is 5.37. The summed E-state index contributed by atoms with van der Waals surface area (Å²) in [4.78, 5) is 23.8. The van der Waals surface area contributed by atoms with Crippen molar-refractivity contribution in [2.45, 2.75) is 52.2 Å². The number of rotatable bonds is 3. The maximum absolute atomic E-state index is 12.7. The lowest BCUT2D eigenvalue weighted by molar-refractivity contribution is -0.152. The molecule has 128 valence electrons. The Morgan fingerprint density at radius 2 is 1.88 bits per heavy atom. The van der Waals surface area contributed by atoms with E-state index in [4.69, 9.17) is 14.2 Å². The molecule has 1 aromatic carbocycles. The molecule has 3 unspecified atom stereocenters. The first-order valence-corrected chi connectivity index (χ1v) is 8.25. The molecule has 1 aliphatic heterocycles. The molecule has 24 heavy (non-hydrogen) atoms. The molecule has 2 aliphatic rings. The standard InChI is InChI=1S/C19H22O5/c1-11-6-12(2)8-15(7-11)24-18-10-22-17-9-14(23-13(3)20)4-5-16(17)19(18)21/h6-8,10,14,16-17H,4-5,9H2,1-3H3. The fourth-order valence-corrected chi connectivity index (χ4v) is 3.47. The summed E-state index contributed by atoms with van der Waals surface area (Å²) in [5.41, 5.74) is 2.16. The predicted molar refractivity (Wildman–Crippen MR) is 87.4 cm³/mol. The zero-order chi connectivity index (χ0) is 17.3. The second-order valence-corrected chi connectivity index (χ2v) is 6.60. The number of allylic oxidation sites excluding steroid dienone is 1. The van der Waals surface area contributed by atoms with Crippen LogP contribution in [0.4, 0.5) is 0 Å². The van der Waals surface area contributed by atoms with Crippen LogP contribution in [0.2, 0.25) is 0 Å². The van der Waals surface area contributed by atoms with Gasteiger partial charge in [0, 0.05) is 13.3 Å². The van der Waals surface area contributed by atoms with Crippen molar-refractivity contribution in [2.75, 3.05) is 0 Å². The Kier molecular flexibility index (Phi) is 4.60. The minimum atomic E-state index is -0.296. The Bertz CT molecular complexity index is 671. The summed E-state index contributed by atoms with van der Waals surface area (Å²) in [6.07, 6.45) is 2.83. The lowest BCUT2D eigenvalue weighted by atomic mass is 9.80. The monoisotopic (exact) mass is 330 g/mol. The van der Waals surface area contributed by atoms with Crippen molar-refractivity contribution in [1.29, 1.82) is 0 Å². The van der Waals surface area contributed by atoms with E-state index in [1.165, 1.54) is 13.2 Å². The fourth-order valence-electron chi connectivity index (χ4n) is 3.47. The van der Waals surface area contributed by atoms with Crippen LogP contribution in [0.1, 0.15) is 37.3 Å². The second-order valence-electron chi connectivity index (χ2n) is 6.60. The highest BCUT2D eigenvalue weighted by Gasteiger charge is 2.42. The molecular weight excluding hydrogens is 308 g/mol. The van der Waals surface area contributed by atoms with Gasteiger partial charge in [0.15, 0.2) is 0 Å². The third kappa shape index (κ3) is 3.61. The van der Waals surface area contributed by atoms with Crippen LogP contribution in [0, 0.1) is 19.8 Å². The molecule has 1 heterocycles. The number of ketones is 1. The van der Waals surface area contributed by atoms with Crippen molar-refractivity contribution >= 4 is 11.8 Å². The van der Waals surface area contributed by atoms with E-state index in [1.807, 2.05) is 32.0 Å². The summed E-state index contributed by atoms with van der Waals surface area (Å²) < 4.78 is 16.7. The van der Waals surface area contributed by atoms with Gasteiger partial charge in [-0.05, 0) is 49.9 Å². The minimum Gasteiger partial charge on any atom is -0.493 e. The van der Waals surface area contributed by atoms with Gasteiger partial charge >= 0.3 is 5.97 Å². The first-order valence-electron chi connectivity index (χ1n) is 8.25. The first kappa shape index (κ1) is 16.6. The molecule has 3 atom stereocenters. The Labute approximate surface area is 141 Å². The predicted octanol–water partition coefficient (Wildman–Crippen LogP) is 3.22. The van der Waals surface area contributed by atoms with Gasteiger partial charge in [-0.15, -0.1) is 0 Å². The second kappa shape index (κ2) is 6.67. The van der Waals surface area contributed by atoms with Crippen LogP contribution in [-0.2, 0) is 19.1 Å². The van der Waals surface area contributed by atoms with Gasteiger partial charge in [0.25, 0.3) is 0 Å². The molecule has 0 saturated heterocycles. The molecule has 5 heteroatoms. The molecule has 1 fully saturated rings. The number of esters is 1. The van der Waals surface area contributed by atoms with E-state index in [-0.39, 0.29) is 35.6 Å². The summed E-state index contributed by atoms with van der Waals surface area (Å²) in [7, 11) is 0. The van der Waals surface area contributed by atoms with E-state index in [0.717, 1.165) is 11.1 Å². The molecule has 0 N–H and O–H groups in total. The number of aryl methyl sites for hydroxylation is 2. The van der Waals surface area contributed by atoms with Crippen LogP contribution < -0.4 is 4.74 Å². The number of carbonyl (C=O) groups excluding carboxylic acids is 2. The number of fused-ring (bicyclic) bond motifs is 1. The van der Waals surface area contributed by atoms with E-state index in [0.29, 0.717) is 25.0 Å². The smallest absolute Gasteiger partial charge is 0.302 e. The molecule has 0 radical (unpaired) electrons. The van der Waals surface area contributed by atoms with Crippen molar-refractivity contribution in [3.05, 3.63) is 41.3 Å². The fraction of sp³-hybridized carbons (Fsp3) is 0.474. The Balaban J connectivity index is 1.70. The average Bonchev–Trinajstić information content (AvgIpc) is 2.48. The largest absolute Gasteiger partial charge is 0.493 e. The van der Waals surface area contributed by atoms with Crippen LogP contribution in [0.3, 0.4) is 0 Å². The highest BCUT2D eigenvalue weighted by molar-refractivity contribution is 5.96. The van der Waals surface area contributed by atoms with E-state index in [2.05, 4.69) is 0 Å². The first-order chi connectivity index (χ1) is 11.4. The van der Waals surface area contributed by atoms with Gasteiger partial charge in [0.05, 0.1) is 5.92 Å². The van der Waals surface area contributed by atoms with Gasteiger partial charge in [-0.3, -0.25) is 9.59 Å². The zero-order valence-corrected chi connectivity index (χ0v) is 14.2. The number of hydrogen-bond donors (Lipinski definition) is 0. The van der Waals surface area contributed by atoms with Crippen LogP contribution >= 0.6 is 0 Å². The lowest BCUT2D eigenvalue weighted by Crippen LogP contribution is -2.42. The van der Waals surface area contributed by atoms with Gasteiger partial charge < -0.3 is 14.2 Å². The van der Waals surface area contributed by atoms with Gasteiger partial charge in [0.1, 0.15) is 24.2 Å². The van der Waals surface area contributed by atoms with E-state index >= 15 is 0 Å². The highest BCUT2D eigenvalue weighted by Crippen LogP contribution is 2.35. The topological polar surface area (TPSA) is 61.8 Å². The van der Waals surface area contributed by atoms with Crippen LogP contribution in [0.5, 0.6) is 5.75 Å². The van der Waals surface area contributed by atoms with Gasteiger partial charge in [-0.1, -0.05) is 6.07 Å². The molecule has 0 aromatic heterocycles. The molecule has 0 amide bonds. The molecule has 1 saturated carbocycles. The Hall–Kier alpha value is -2.30. The Morgan fingerprint density at radius 3 is 2.54 bits per heavy atom. The number of carbonyl (C=O) groups is 2. The van der Waals surface area contributed by atoms with Crippen molar-refractivity contribution in [3.63, 3.8) is 0 Å². The number of benzene rings is 1. The normalized spacial score (nSPS) is 26.0. The quantitative estimate of drug-likeness (QED) is 0.796. The van der Waals surface area contributed by atoms with Crippen molar-refractivity contribution in [1.82, 2.24) is 0 Å². The molecule has 3 rings (SSSR count). The van der Waals surface area contributed by atoms with Crippen molar-refractivity contribution < 1.29 is 23.8 Å². The SMILES string of the molecule is CC(=O)OC1CCC2C(=O)C(Oc3cc(C)cc(C)c3)=COC2C1. The maximum atomic E-state index is 12.7. The molecule has 0 spiro atoms. The third-order valence-corrected chi connectivity index (χ3v) is 4.43. The average molecular weight is 330 g/mol. The molecular formula is C19H22O5. The van der Waals surface area contributed by atoms with Gasteiger partial charge in [-0.2, -0.15) is 0 Å². The summed E-state index contributed by atoms with van der Waals surface area (Å²) in [6, 6.07) is 5.84. The molecule has 0 bridgehead atoms. The molecule has 1 aromatic rings. The summed E-state index contributed by atoms with van der Waals surface area (Å²) >= 11 is 0. The van der Waals surface area contributed by atoms with Crippen LogP contribution in [-0.4, -0.2) is 24.0 Å². The number of Topliss-reactive ketones (excluding diaryl/α,β-unsaturated/α-hetero) is 1. The third-order valence-electron chi connectivity index (χ3n) is 4.43.